The van der Waals surface area contributed by atoms with E-state index < -0.39 is 12.0 Å². The topological polar surface area (TPSA) is 92.8 Å². The summed E-state index contributed by atoms with van der Waals surface area (Å²) in [4.78, 5) is 50.0. The second-order valence-corrected chi connectivity index (χ2v) is 9.14. The van der Waals surface area contributed by atoms with Crippen LogP contribution in [0.3, 0.4) is 0 Å². The van der Waals surface area contributed by atoms with Crippen molar-refractivity contribution in [2.75, 3.05) is 12.4 Å². The van der Waals surface area contributed by atoms with Crippen LogP contribution in [0.2, 0.25) is 0 Å². The predicted octanol–water partition coefficient (Wildman–Crippen LogP) is 1.34. The molecule has 0 bridgehead atoms. The lowest BCUT2D eigenvalue weighted by Crippen LogP contribution is -2.70. The van der Waals surface area contributed by atoms with Crippen LogP contribution in [0.25, 0.3) is 0 Å². The molecule has 2 aliphatic rings. The van der Waals surface area contributed by atoms with E-state index in [-0.39, 0.29) is 33.4 Å². The van der Waals surface area contributed by atoms with Gasteiger partial charge in [-0.25, -0.2) is 4.79 Å². The zero-order chi connectivity index (χ0) is 18.7. The number of hydrogen-bond donors (Lipinski definition) is 1. The van der Waals surface area contributed by atoms with Gasteiger partial charge in [-0.1, -0.05) is 36.0 Å². The van der Waals surface area contributed by atoms with Crippen molar-refractivity contribution in [1.82, 2.24) is 10.2 Å². The quantitative estimate of drug-likeness (QED) is 0.411. The van der Waals surface area contributed by atoms with E-state index in [1.54, 1.807) is 11.5 Å². The van der Waals surface area contributed by atoms with E-state index in [1.807, 2.05) is 6.92 Å². The molecule has 0 spiro atoms. The number of carbonyl (C=O) groups is 3. The van der Waals surface area contributed by atoms with Gasteiger partial charge in [-0.2, -0.15) is 0 Å². The second-order valence-electron chi connectivity index (χ2n) is 5.79. The van der Waals surface area contributed by atoms with Gasteiger partial charge in [0.2, 0.25) is 5.91 Å². The zero-order valence-electron chi connectivity index (χ0n) is 14.1. The molecule has 1 N–H and O–H groups in total. The summed E-state index contributed by atoms with van der Waals surface area (Å²) >= 11 is 3.58. The number of ether oxygens (including phenoxy) is 1. The molecule has 1 aromatic rings. The van der Waals surface area contributed by atoms with Crippen molar-refractivity contribution in [3.63, 3.8) is 0 Å². The molecule has 2 atom stereocenters. The summed E-state index contributed by atoms with van der Waals surface area (Å²) in [5, 5.41) is 4.07. The van der Waals surface area contributed by atoms with Gasteiger partial charge in [-0.3, -0.25) is 19.3 Å². The molecule has 0 aromatic carbocycles. The SMILES string of the molecule is CCCCOC(=O)C1=CCSC2C(NC(=O)Cc3csc(=O)s3)C(=O)N12. The van der Waals surface area contributed by atoms with Crippen LogP contribution in [0.1, 0.15) is 24.6 Å². The van der Waals surface area contributed by atoms with Gasteiger partial charge in [0.25, 0.3) is 9.96 Å². The van der Waals surface area contributed by atoms with Gasteiger partial charge in [0, 0.05) is 16.0 Å². The van der Waals surface area contributed by atoms with Gasteiger partial charge >= 0.3 is 5.97 Å². The number of thioether (sulfide) groups is 1. The van der Waals surface area contributed by atoms with Crippen molar-refractivity contribution in [3.05, 3.63) is 30.9 Å². The maximum absolute atomic E-state index is 12.4. The molecule has 26 heavy (non-hydrogen) atoms. The fraction of sp³-hybridized carbons (Fsp3) is 0.500. The third kappa shape index (κ3) is 4.02. The van der Waals surface area contributed by atoms with Crippen LogP contribution in [0.4, 0.5) is 0 Å². The van der Waals surface area contributed by atoms with Crippen LogP contribution in [0.15, 0.2) is 21.9 Å². The van der Waals surface area contributed by atoms with Crippen molar-refractivity contribution in [2.24, 2.45) is 0 Å². The number of esters is 1. The summed E-state index contributed by atoms with van der Waals surface area (Å²) in [5.41, 5.74) is 0.261. The summed E-state index contributed by atoms with van der Waals surface area (Å²) in [6, 6.07) is -0.657. The van der Waals surface area contributed by atoms with Gasteiger partial charge in [-0.15, -0.1) is 11.8 Å². The number of unbranched alkanes of at least 4 members (excludes halogenated alkanes) is 1. The van der Waals surface area contributed by atoms with Crippen LogP contribution in [0, 0.1) is 0 Å². The van der Waals surface area contributed by atoms with Gasteiger partial charge in [0.1, 0.15) is 17.1 Å². The molecular weight excluding hydrogens is 396 g/mol. The van der Waals surface area contributed by atoms with Crippen molar-refractivity contribution in [2.45, 2.75) is 37.6 Å². The highest BCUT2D eigenvalue weighted by atomic mass is 32.2. The number of nitrogens with one attached hydrogen (secondary N) is 1. The standard InChI is InChI=1S/C16H18N2O5S3/c1-2-3-5-23-15(21)10-4-6-24-14-12(13(20)18(10)14)17-11(19)7-9-8-25-16(22)26-9/h4,8,12,14H,2-3,5-7H2,1H3,(H,17,19). The predicted molar refractivity (Wildman–Crippen MR) is 101 cm³/mol. The molecule has 2 amide bonds. The van der Waals surface area contributed by atoms with Crippen LogP contribution < -0.4 is 9.37 Å². The van der Waals surface area contributed by atoms with Crippen molar-refractivity contribution < 1.29 is 19.1 Å². The molecule has 10 heteroatoms. The summed E-state index contributed by atoms with van der Waals surface area (Å²) < 4.78 is 5.14. The smallest absolute Gasteiger partial charge is 0.354 e. The lowest BCUT2D eigenvalue weighted by Gasteiger charge is -2.48. The lowest BCUT2D eigenvalue weighted by atomic mass is 10.0. The zero-order valence-corrected chi connectivity index (χ0v) is 16.5. The molecule has 0 saturated carbocycles. The molecular formula is C16H18N2O5S3. The van der Waals surface area contributed by atoms with E-state index >= 15 is 0 Å². The number of hydrogen-bond acceptors (Lipinski definition) is 8. The van der Waals surface area contributed by atoms with E-state index in [4.69, 9.17) is 4.74 Å². The van der Waals surface area contributed by atoms with Crippen LogP contribution in [0.5, 0.6) is 0 Å². The Morgan fingerprint density at radius 1 is 1.38 bits per heavy atom. The Balaban J connectivity index is 1.58. The summed E-state index contributed by atoms with van der Waals surface area (Å²) in [7, 11) is 0. The summed E-state index contributed by atoms with van der Waals surface area (Å²) in [6.45, 7) is 2.33. The van der Waals surface area contributed by atoms with E-state index in [9.17, 15) is 19.2 Å². The Hall–Kier alpha value is -1.65. The summed E-state index contributed by atoms with van der Waals surface area (Å²) in [5.74, 6) is -0.539. The van der Waals surface area contributed by atoms with Gasteiger partial charge in [0.05, 0.1) is 13.0 Å². The highest BCUT2D eigenvalue weighted by molar-refractivity contribution is 8.00. The summed E-state index contributed by atoms with van der Waals surface area (Å²) in [6.07, 6.45) is 3.46. The minimum atomic E-state index is -0.657. The fourth-order valence-electron chi connectivity index (χ4n) is 2.64. The number of β-lactam (4-membered cyclic amide) rings is 1. The second kappa shape index (κ2) is 8.36. The third-order valence-corrected chi connectivity index (χ3v) is 7.10. The average molecular weight is 415 g/mol. The number of amides is 2. The minimum Gasteiger partial charge on any atom is -0.461 e. The molecule has 0 aliphatic carbocycles. The Morgan fingerprint density at radius 3 is 2.88 bits per heavy atom. The maximum Gasteiger partial charge on any atom is 0.354 e. The molecule has 140 valence electrons. The molecule has 1 fully saturated rings. The maximum atomic E-state index is 12.4. The first-order valence-electron chi connectivity index (χ1n) is 8.20. The molecule has 0 radical (unpaired) electrons. The number of fused-ring (bicyclic) bond motifs is 1. The monoisotopic (exact) mass is 414 g/mol. The fourth-order valence-corrected chi connectivity index (χ4v) is 5.56. The highest BCUT2D eigenvalue weighted by Crippen LogP contribution is 2.37. The molecule has 3 rings (SSSR count). The molecule has 7 nitrogen and oxygen atoms in total. The lowest BCUT2D eigenvalue weighted by molar-refractivity contribution is -0.152. The molecule has 2 unspecified atom stereocenters. The first-order valence-corrected chi connectivity index (χ1v) is 10.9. The highest BCUT2D eigenvalue weighted by Gasteiger charge is 2.52. The Bertz CT molecular complexity index is 800. The van der Waals surface area contributed by atoms with E-state index in [1.165, 1.54) is 16.7 Å². The largest absolute Gasteiger partial charge is 0.461 e. The molecule has 1 saturated heterocycles. The van der Waals surface area contributed by atoms with E-state index in [0.717, 1.165) is 35.5 Å². The third-order valence-electron chi connectivity index (χ3n) is 3.94. The molecule has 3 heterocycles. The molecule has 2 aliphatic heterocycles. The normalized spacial score (nSPS) is 21.5. The first-order chi connectivity index (χ1) is 12.5. The van der Waals surface area contributed by atoms with Gasteiger partial charge in [0.15, 0.2) is 0 Å². The molecule has 1 aromatic heterocycles. The Kier molecular flexibility index (Phi) is 6.15. The van der Waals surface area contributed by atoms with Gasteiger partial charge < -0.3 is 10.1 Å². The van der Waals surface area contributed by atoms with Crippen LogP contribution in [-0.4, -0.2) is 46.5 Å². The van der Waals surface area contributed by atoms with E-state index in [2.05, 4.69) is 5.32 Å². The first kappa shape index (κ1) is 19.1. The van der Waals surface area contributed by atoms with E-state index in [0.29, 0.717) is 17.2 Å². The Morgan fingerprint density at radius 2 is 2.19 bits per heavy atom. The number of carbonyl (C=O) groups excluding carboxylic acids is 3. The van der Waals surface area contributed by atoms with Crippen molar-refractivity contribution in [1.29, 1.82) is 0 Å². The average Bonchev–Trinajstić information content (AvgIpc) is 3.03. The van der Waals surface area contributed by atoms with Crippen molar-refractivity contribution in [3.8, 4) is 0 Å². The Labute approximate surface area is 162 Å². The van der Waals surface area contributed by atoms with Crippen LogP contribution >= 0.6 is 34.4 Å². The van der Waals surface area contributed by atoms with Crippen LogP contribution in [-0.2, 0) is 25.5 Å². The van der Waals surface area contributed by atoms with Crippen molar-refractivity contribution >= 4 is 52.2 Å². The minimum absolute atomic E-state index is 0.0575. The number of nitrogens with zero attached hydrogens (tertiary/aromatic N) is 1. The number of rotatable bonds is 7. The van der Waals surface area contributed by atoms with Gasteiger partial charge in [-0.05, 0) is 12.5 Å².